The number of benzene rings is 1. The van der Waals surface area contributed by atoms with Crippen molar-refractivity contribution in [1.29, 1.82) is 0 Å². The highest BCUT2D eigenvalue weighted by Gasteiger charge is 2.38. The van der Waals surface area contributed by atoms with Gasteiger partial charge in [0.25, 0.3) is 0 Å². The molecule has 0 spiro atoms. The van der Waals surface area contributed by atoms with Crippen LogP contribution in [0.2, 0.25) is 0 Å². The van der Waals surface area contributed by atoms with E-state index in [1.807, 2.05) is 0 Å². The first-order valence-corrected chi connectivity index (χ1v) is 7.31. The van der Waals surface area contributed by atoms with Crippen LogP contribution in [0.5, 0.6) is 0 Å². The first kappa shape index (κ1) is 12.2. The lowest BCUT2D eigenvalue weighted by Crippen LogP contribution is -2.35. The minimum Gasteiger partial charge on any atom is -0.306 e. The molecule has 0 aromatic heterocycles. The van der Waals surface area contributed by atoms with Crippen LogP contribution < -0.4 is 5.32 Å². The lowest BCUT2D eigenvalue weighted by molar-refractivity contribution is 0.254. The highest BCUT2D eigenvalue weighted by molar-refractivity contribution is 5.18. The van der Waals surface area contributed by atoms with Gasteiger partial charge in [-0.3, -0.25) is 4.90 Å². The minimum absolute atomic E-state index is 0.461. The van der Waals surface area contributed by atoms with Crippen LogP contribution in [-0.2, 0) is 0 Å². The van der Waals surface area contributed by atoms with E-state index < -0.39 is 0 Å². The smallest absolute Gasteiger partial charge is 0.0294 e. The molecule has 98 valence electrons. The highest BCUT2D eigenvalue weighted by atomic mass is 15.3. The molecule has 1 saturated carbocycles. The van der Waals surface area contributed by atoms with Gasteiger partial charge in [-0.1, -0.05) is 30.3 Å². The number of hydrogen-bond acceptors (Lipinski definition) is 2. The summed E-state index contributed by atoms with van der Waals surface area (Å²) in [6, 6.07) is 13.6. The number of likely N-dealkylation sites (tertiary alicyclic amines) is 1. The van der Waals surface area contributed by atoms with Gasteiger partial charge in [-0.25, -0.2) is 0 Å². The van der Waals surface area contributed by atoms with Gasteiger partial charge in [0.05, 0.1) is 0 Å². The van der Waals surface area contributed by atoms with E-state index in [-0.39, 0.29) is 0 Å². The summed E-state index contributed by atoms with van der Waals surface area (Å²) in [6.45, 7) is 5.90. The van der Waals surface area contributed by atoms with Crippen molar-refractivity contribution in [1.82, 2.24) is 10.2 Å². The van der Waals surface area contributed by atoms with Crippen molar-refractivity contribution in [3.8, 4) is 0 Å². The van der Waals surface area contributed by atoms with E-state index in [0.29, 0.717) is 12.1 Å². The molecule has 18 heavy (non-hydrogen) atoms. The molecule has 0 bridgehead atoms. The number of hydrogen-bond donors (Lipinski definition) is 1. The van der Waals surface area contributed by atoms with E-state index in [0.717, 1.165) is 12.1 Å². The fourth-order valence-corrected chi connectivity index (χ4v) is 3.28. The van der Waals surface area contributed by atoms with Gasteiger partial charge < -0.3 is 5.32 Å². The van der Waals surface area contributed by atoms with E-state index in [9.17, 15) is 0 Å². The van der Waals surface area contributed by atoms with Crippen molar-refractivity contribution >= 4 is 0 Å². The van der Waals surface area contributed by atoms with Crippen LogP contribution >= 0.6 is 0 Å². The first-order chi connectivity index (χ1) is 8.74. The Morgan fingerprint density at radius 2 is 1.94 bits per heavy atom. The van der Waals surface area contributed by atoms with Crippen molar-refractivity contribution in [3.63, 3.8) is 0 Å². The zero-order valence-electron chi connectivity index (χ0n) is 11.5. The van der Waals surface area contributed by atoms with Gasteiger partial charge in [-0.05, 0) is 38.7 Å². The Kier molecular flexibility index (Phi) is 3.40. The van der Waals surface area contributed by atoms with Crippen molar-refractivity contribution in [2.75, 3.05) is 6.54 Å². The zero-order chi connectivity index (χ0) is 12.5. The standard InChI is InChI=1S/C16H24N2/c1-12-10-15(11-18(12)16-8-9-16)17-13(2)14-6-4-3-5-7-14/h3-7,12-13,15-17H,8-11H2,1-2H3. The summed E-state index contributed by atoms with van der Waals surface area (Å²) >= 11 is 0. The molecule has 1 aromatic carbocycles. The molecular formula is C16H24N2. The first-order valence-electron chi connectivity index (χ1n) is 7.31. The van der Waals surface area contributed by atoms with E-state index >= 15 is 0 Å². The predicted octanol–water partition coefficient (Wildman–Crippen LogP) is 2.96. The molecule has 1 saturated heterocycles. The fraction of sp³-hybridized carbons (Fsp3) is 0.625. The fourth-order valence-electron chi connectivity index (χ4n) is 3.28. The number of nitrogens with zero attached hydrogens (tertiary/aromatic N) is 1. The number of rotatable bonds is 4. The Morgan fingerprint density at radius 3 is 2.61 bits per heavy atom. The van der Waals surface area contributed by atoms with Crippen molar-refractivity contribution in [2.45, 2.75) is 57.3 Å². The molecule has 3 rings (SSSR count). The molecule has 0 radical (unpaired) electrons. The highest BCUT2D eigenvalue weighted by Crippen LogP contribution is 2.33. The lowest BCUT2D eigenvalue weighted by atomic mass is 10.1. The summed E-state index contributed by atoms with van der Waals surface area (Å²) in [4.78, 5) is 2.70. The molecule has 1 aromatic rings. The Morgan fingerprint density at radius 1 is 1.22 bits per heavy atom. The second-order valence-corrected chi connectivity index (χ2v) is 6.01. The van der Waals surface area contributed by atoms with Crippen LogP contribution in [-0.4, -0.2) is 29.6 Å². The monoisotopic (exact) mass is 244 g/mol. The molecule has 2 fully saturated rings. The Balaban J connectivity index is 1.57. The Hall–Kier alpha value is -0.860. The van der Waals surface area contributed by atoms with E-state index in [1.54, 1.807) is 0 Å². The third kappa shape index (κ3) is 2.60. The Labute approximate surface area is 110 Å². The maximum atomic E-state index is 3.80. The molecule has 0 amide bonds. The topological polar surface area (TPSA) is 15.3 Å². The third-order valence-electron chi connectivity index (χ3n) is 4.42. The summed E-state index contributed by atoms with van der Waals surface area (Å²) in [5.74, 6) is 0. The van der Waals surface area contributed by atoms with Gasteiger partial charge in [0, 0.05) is 30.7 Å². The summed E-state index contributed by atoms with van der Waals surface area (Å²) < 4.78 is 0. The molecule has 1 heterocycles. The van der Waals surface area contributed by atoms with Crippen LogP contribution in [0.3, 0.4) is 0 Å². The molecule has 3 atom stereocenters. The van der Waals surface area contributed by atoms with Gasteiger partial charge in [-0.15, -0.1) is 0 Å². The van der Waals surface area contributed by atoms with Crippen LogP contribution in [0.15, 0.2) is 30.3 Å². The summed E-state index contributed by atoms with van der Waals surface area (Å²) in [6.07, 6.45) is 4.14. The van der Waals surface area contributed by atoms with Crippen LogP contribution in [0.25, 0.3) is 0 Å². The molecular weight excluding hydrogens is 220 g/mol. The zero-order valence-corrected chi connectivity index (χ0v) is 11.5. The van der Waals surface area contributed by atoms with Crippen LogP contribution in [0, 0.1) is 0 Å². The van der Waals surface area contributed by atoms with Crippen molar-refractivity contribution in [3.05, 3.63) is 35.9 Å². The maximum absolute atomic E-state index is 3.80. The van der Waals surface area contributed by atoms with Gasteiger partial charge in [0.1, 0.15) is 0 Å². The quantitative estimate of drug-likeness (QED) is 0.876. The van der Waals surface area contributed by atoms with Crippen LogP contribution in [0.4, 0.5) is 0 Å². The largest absolute Gasteiger partial charge is 0.306 e. The predicted molar refractivity (Wildman–Crippen MR) is 75.6 cm³/mol. The summed E-state index contributed by atoms with van der Waals surface area (Å²) in [5.41, 5.74) is 1.40. The number of nitrogens with one attached hydrogen (secondary N) is 1. The van der Waals surface area contributed by atoms with E-state index in [2.05, 4.69) is 54.4 Å². The normalized spacial score (nSPS) is 30.6. The van der Waals surface area contributed by atoms with Gasteiger partial charge in [0.15, 0.2) is 0 Å². The summed E-state index contributed by atoms with van der Waals surface area (Å²) in [7, 11) is 0. The van der Waals surface area contributed by atoms with Gasteiger partial charge in [0.2, 0.25) is 0 Å². The van der Waals surface area contributed by atoms with E-state index in [1.165, 1.54) is 31.4 Å². The van der Waals surface area contributed by atoms with Gasteiger partial charge >= 0.3 is 0 Å². The van der Waals surface area contributed by atoms with E-state index in [4.69, 9.17) is 0 Å². The van der Waals surface area contributed by atoms with Crippen molar-refractivity contribution in [2.24, 2.45) is 0 Å². The second-order valence-electron chi connectivity index (χ2n) is 6.01. The Bertz CT molecular complexity index is 385. The minimum atomic E-state index is 0.461. The summed E-state index contributed by atoms with van der Waals surface area (Å²) in [5, 5.41) is 3.80. The molecule has 2 aliphatic rings. The SMILES string of the molecule is CC(NC1CC(C)N(C2CC2)C1)c1ccccc1. The molecule has 3 unspecified atom stereocenters. The van der Waals surface area contributed by atoms with Crippen LogP contribution in [0.1, 0.15) is 44.7 Å². The van der Waals surface area contributed by atoms with Crippen molar-refractivity contribution < 1.29 is 0 Å². The molecule has 1 aliphatic carbocycles. The molecule has 2 heteroatoms. The third-order valence-corrected chi connectivity index (χ3v) is 4.42. The lowest BCUT2D eigenvalue weighted by Gasteiger charge is -2.21. The average molecular weight is 244 g/mol. The van der Waals surface area contributed by atoms with Gasteiger partial charge in [-0.2, -0.15) is 0 Å². The average Bonchev–Trinajstić information content (AvgIpc) is 3.15. The molecule has 1 aliphatic heterocycles. The molecule has 2 nitrogen and oxygen atoms in total. The molecule has 1 N–H and O–H groups in total. The maximum Gasteiger partial charge on any atom is 0.0294 e. The second kappa shape index (κ2) is 5.02.